The second-order valence-corrected chi connectivity index (χ2v) is 5.22. The van der Waals surface area contributed by atoms with Crippen LogP contribution in [0.25, 0.3) is 0 Å². The van der Waals surface area contributed by atoms with E-state index in [-0.39, 0.29) is 39.0 Å². The predicted molar refractivity (Wildman–Crippen MR) is 97.1 cm³/mol. The van der Waals surface area contributed by atoms with Crippen LogP contribution in [0.15, 0.2) is 43.0 Å². The van der Waals surface area contributed by atoms with E-state index < -0.39 is 0 Å². The number of hydrogen-bond donors (Lipinski definition) is 0. The molecule has 1 saturated carbocycles. The monoisotopic (exact) mass is 510 g/mol. The van der Waals surface area contributed by atoms with E-state index in [9.17, 15) is 0 Å². The summed E-state index contributed by atoms with van der Waals surface area (Å²) in [5.41, 5.74) is 1.58. The molecule has 0 saturated heterocycles. The average molecular weight is 510 g/mol. The Bertz CT molecular complexity index is 614. The molecule has 6 nitrogen and oxygen atoms in total. The summed E-state index contributed by atoms with van der Waals surface area (Å²) >= 11 is 0. The van der Waals surface area contributed by atoms with Gasteiger partial charge in [-0.3, -0.25) is 0 Å². The Morgan fingerprint density at radius 2 is 1.26 bits per heavy atom. The number of aryl methyl sites for hydroxylation is 1. The molecule has 1 aromatic carbocycles. The van der Waals surface area contributed by atoms with Crippen molar-refractivity contribution in [2.45, 2.75) is 32.1 Å². The van der Waals surface area contributed by atoms with Crippen LogP contribution in [0.3, 0.4) is 0 Å². The standard InChI is InChI=1S/C17H20.6CO.2Co/c1-3-12-17(4-2)13-16(14-17)11-10-15-8-6-5-7-9-15;6*1-2;;/h2-3,5-9,16H,1,10-14H2;;;;;;;;. The molecule has 0 atom stereocenters. The van der Waals surface area contributed by atoms with E-state index in [1.807, 2.05) is 6.08 Å². The van der Waals surface area contributed by atoms with Crippen LogP contribution in [-0.2, 0) is 67.9 Å². The average Bonchev–Trinajstić information content (AvgIpc) is 2.84. The molecule has 0 heterocycles. The fourth-order valence-electron chi connectivity index (χ4n) is 2.88. The third-order valence-corrected chi connectivity index (χ3v) is 3.88. The molecule has 0 N–H and O–H groups in total. The first kappa shape index (κ1) is 47.0. The van der Waals surface area contributed by atoms with E-state index >= 15 is 0 Å². The molecule has 166 valence electrons. The summed E-state index contributed by atoms with van der Waals surface area (Å²) in [6.45, 7) is 30.8. The molecule has 0 amide bonds. The fourth-order valence-corrected chi connectivity index (χ4v) is 2.88. The Kier molecular flexibility index (Phi) is 63.8. The minimum absolute atomic E-state index is 0. The second-order valence-electron chi connectivity index (χ2n) is 5.22. The third-order valence-electron chi connectivity index (χ3n) is 3.88. The van der Waals surface area contributed by atoms with Crippen LogP contribution < -0.4 is 0 Å². The van der Waals surface area contributed by atoms with Crippen molar-refractivity contribution in [3.63, 3.8) is 0 Å². The van der Waals surface area contributed by atoms with Crippen LogP contribution in [0.4, 0.5) is 0 Å². The number of benzene rings is 1. The number of hydrogen-bond acceptors (Lipinski definition) is 0. The molecule has 0 aromatic heterocycles. The first-order chi connectivity index (χ1) is 14.3. The van der Waals surface area contributed by atoms with Crippen LogP contribution in [0.1, 0.15) is 31.2 Å². The third kappa shape index (κ3) is 24.1. The van der Waals surface area contributed by atoms with Crippen molar-refractivity contribution >= 4 is 0 Å². The van der Waals surface area contributed by atoms with Crippen LogP contribution in [0.2, 0.25) is 0 Å². The largest absolute Gasteiger partial charge is 0 e. The zero-order chi connectivity index (χ0) is 24.1. The van der Waals surface area contributed by atoms with Crippen molar-refractivity contribution < 1.29 is 61.5 Å². The van der Waals surface area contributed by atoms with Gasteiger partial charge in [0, 0.05) is 39.0 Å². The van der Waals surface area contributed by atoms with Gasteiger partial charge < -0.3 is 0 Å². The molecular formula is C23H20Co2O6. The fraction of sp³-hybridized carbons (Fsp3) is 0.304. The summed E-state index contributed by atoms with van der Waals surface area (Å²) in [4.78, 5) is 0. The van der Waals surface area contributed by atoms with Crippen molar-refractivity contribution in [2.75, 3.05) is 0 Å². The summed E-state index contributed by atoms with van der Waals surface area (Å²) < 4.78 is 45.0. The summed E-state index contributed by atoms with van der Waals surface area (Å²) in [6.07, 6.45) is 13.4. The Morgan fingerprint density at radius 3 is 1.58 bits per heavy atom. The Labute approximate surface area is 205 Å². The minimum Gasteiger partial charge on any atom is 0 e. The van der Waals surface area contributed by atoms with Crippen molar-refractivity contribution in [3.05, 3.63) is 88.5 Å². The number of allylic oxidation sites excluding steroid dienone is 1. The van der Waals surface area contributed by atoms with Gasteiger partial charge in [-0.15, -0.1) is 13.0 Å². The Balaban J connectivity index is -0.0000000716. The van der Waals surface area contributed by atoms with Gasteiger partial charge >= 0.3 is 67.8 Å². The molecule has 2 rings (SSSR count). The van der Waals surface area contributed by atoms with Gasteiger partial charge in [-0.05, 0) is 43.6 Å². The SMILES string of the molecule is C#CC1(CC=C)CC(CCc2ccccc2)C1.[C-]#[O+].[C-]#[O+].[C-]#[O+].[C-]#[O+].[C-]#[O+].[C-]#[O+].[Co].[Co]. The predicted octanol–water partition coefficient (Wildman–Crippen LogP) is 3.99. The molecule has 1 aliphatic carbocycles. The van der Waals surface area contributed by atoms with Gasteiger partial charge in [0.2, 0.25) is 0 Å². The molecule has 1 fully saturated rings. The van der Waals surface area contributed by atoms with E-state index in [1.54, 1.807) is 0 Å². The van der Waals surface area contributed by atoms with E-state index in [2.05, 4.69) is 82.7 Å². The number of terminal acetylenes is 1. The van der Waals surface area contributed by atoms with Gasteiger partial charge in [0.15, 0.2) is 0 Å². The van der Waals surface area contributed by atoms with Gasteiger partial charge in [0.25, 0.3) is 0 Å². The van der Waals surface area contributed by atoms with Crippen LogP contribution in [0, 0.1) is 63.6 Å². The quantitative estimate of drug-likeness (QED) is 0.246. The zero-order valence-corrected chi connectivity index (χ0v) is 18.6. The van der Waals surface area contributed by atoms with E-state index in [0.29, 0.717) is 0 Å². The topological polar surface area (TPSA) is 119 Å². The van der Waals surface area contributed by atoms with Gasteiger partial charge in [-0.1, -0.05) is 42.3 Å². The maximum Gasteiger partial charge on any atom is 0 e. The first-order valence-electron chi connectivity index (χ1n) is 7.63. The smallest absolute Gasteiger partial charge is 0 e. The molecule has 1 aromatic rings. The second kappa shape index (κ2) is 42.2. The molecule has 0 spiro atoms. The zero-order valence-electron chi connectivity index (χ0n) is 16.5. The van der Waals surface area contributed by atoms with Gasteiger partial charge in [0.05, 0.1) is 0 Å². The molecular weight excluding hydrogens is 490 g/mol. The maximum atomic E-state index is 7.50. The summed E-state index contributed by atoms with van der Waals surface area (Å²) in [6, 6.07) is 10.7. The van der Waals surface area contributed by atoms with Gasteiger partial charge in [-0.2, -0.15) is 0 Å². The molecule has 0 aliphatic heterocycles. The van der Waals surface area contributed by atoms with Crippen LogP contribution >= 0.6 is 0 Å². The van der Waals surface area contributed by atoms with Crippen molar-refractivity contribution in [3.8, 4) is 12.3 Å². The summed E-state index contributed by atoms with van der Waals surface area (Å²) in [7, 11) is 0. The van der Waals surface area contributed by atoms with E-state index in [1.165, 1.54) is 31.2 Å². The van der Waals surface area contributed by atoms with Crippen molar-refractivity contribution in [2.24, 2.45) is 11.3 Å². The van der Waals surface area contributed by atoms with Crippen molar-refractivity contribution in [1.29, 1.82) is 0 Å². The molecule has 0 unspecified atom stereocenters. The molecule has 0 bridgehead atoms. The molecule has 31 heavy (non-hydrogen) atoms. The first-order valence-corrected chi connectivity index (χ1v) is 7.63. The Hall–Kier alpha value is -2.03. The summed E-state index contributed by atoms with van der Waals surface area (Å²) in [5.74, 6) is 3.78. The van der Waals surface area contributed by atoms with Crippen LogP contribution in [-0.4, -0.2) is 0 Å². The van der Waals surface area contributed by atoms with Gasteiger partial charge in [0.1, 0.15) is 0 Å². The normalized spacial score (nSPS) is 15.1. The van der Waals surface area contributed by atoms with Crippen molar-refractivity contribution in [1.82, 2.24) is 0 Å². The number of rotatable bonds is 5. The minimum atomic E-state index is 0. The Morgan fingerprint density at radius 1 is 0.871 bits per heavy atom. The maximum absolute atomic E-state index is 7.50. The van der Waals surface area contributed by atoms with E-state index in [4.69, 9.17) is 34.3 Å². The van der Waals surface area contributed by atoms with Crippen LogP contribution in [0.5, 0.6) is 0 Å². The van der Waals surface area contributed by atoms with Gasteiger partial charge in [-0.25, -0.2) is 0 Å². The molecule has 2 radical (unpaired) electrons. The van der Waals surface area contributed by atoms with E-state index in [0.717, 1.165) is 12.3 Å². The molecule has 1 aliphatic rings. The summed E-state index contributed by atoms with van der Waals surface area (Å²) in [5, 5.41) is 0. The molecule has 8 heteroatoms.